The number of benzene rings is 1. The monoisotopic (exact) mass is 373 g/mol. The van der Waals surface area contributed by atoms with Gasteiger partial charge in [-0.1, -0.05) is 6.92 Å². The van der Waals surface area contributed by atoms with Crippen LogP contribution in [0, 0.1) is 0 Å². The van der Waals surface area contributed by atoms with Crippen LogP contribution in [0.25, 0.3) is 0 Å². The summed E-state index contributed by atoms with van der Waals surface area (Å²) in [6.07, 6.45) is 1.80. The number of aryl methyl sites for hydroxylation is 1. The fourth-order valence-electron chi connectivity index (χ4n) is 1.60. The van der Waals surface area contributed by atoms with Gasteiger partial charge in [0.05, 0.1) is 17.4 Å². The van der Waals surface area contributed by atoms with Gasteiger partial charge in [0.25, 0.3) is 10.0 Å². The molecule has 0 aliphatic carbocycles. The minimum Gasteiger partial charge on any atom is -0.478 e. The lowest BCUT2D eigenvalue weighted by Gasteiger charge is -2.09. The molecule has 0 saturated heterocycles. The maximum Gasteiger partial charge on any atom is 0.335 e. The quantitative estimate of drug-likeness (QED) is 0.743. The van der Waals surface area contributed by atoms with E-state index in [1.807, 2.05) is 6.92 Å². The topological polar surface area (TPSA) is 112 Å². The van der Waals surface area contributed by atoms with E-state index in [1.165, 1.54) is 24.4 Å². The van der Waals surface area contributed by atoms with Crippen molar-refractivity contribution in [3.8, 4) is 0 Å². The Kier molecular flexibility index (Phi) is 4.33. The molecule has 0 bridgehead atoms. The molecule has 0 radical (unpaired) electrons. The number of aromatic amines is 1. The van der Waals surface area contributed by atoms with Crippen LogP contribution < -0.4 is 4.72 Å². The molecule has 9 heteroatoms. The second-order valence-electron chi connectivity index (χ2n) is 4.15. The lowest BCUT2D eigenvalue weighted by atomic mass is 10.2. The average Bonchev–Trinajstić information content (AvgIpc) is 2.90. The summed E-state index contributed by atoms with van der Waals surface area (Å²) in [5, 5.41) is 8.87. The van der Waals surface area contributed by atoms with Crippen LogP contribution in [0.4, 0.5) is 5.69 Å². The first-order valence-electron chi connectivity index (χ1n) is 5.93. The molecule has 0 spiro atoms. The summed E-state index contributed by atoms with van der Waals surface area (Å²) in [4.78, 5) is 17.6. The van der Waals surface area contributed by atoms with Crippen molar-refractivity contribution in [2.75, 3.05) is 4.72 Å². The number of hydrogen-bond donors (Lipinski definition) is 3. The number of sulfonamides is 1. The summed E-state index contributed by atoms with van der Waals surface area (Å²) >= 11 is 3.18. The van der Waals surface area contributed by atoms with Crippen molar-refractivity contribution in [1.82, 2.24) is 9.97 Å². The highest BCUT2D eigenvalue weighted by Gasteiger charge is 2.19. The molecule has 1 aromatic heterocycles. The van der Waals surface area contributed by atoms with Gasteiger partial charge < -0.3 is 10.1 Å². The van der Waals surface area contributed by atoms with E-state index in [2.05, 4.69) is 30.6 Å². The Balaban J connectivity index is 2.36. The Labute approximate surface area is 129 Å². The summed E-state index contributed by atoms with van der Waals surface area (Å²) in [5.74, 6) is -0.591. The van der Waals surface area contributed by atoms with Crippen LogP contribution in [0.2, 0.25) is 0 Å². The molecule has 0 aliphatic rings. The maximum absolute atomic E-state index is 12.2. The number of aromatic nitrogens is 2. The predicted octanol–water partition coefficient (Wildman–Crippen LogP) is 2.23. The molecule has 1 heterocycles. The highest BCUT2D eigenvalue weighted by Crippen LogP contribution is 2.26. The maximum atomic E-state index is 12.2. The third-order valence-electron chi connectivity index (χ3n) is 2.69. The molecule has 0 saturated carbocycles. The Hall–Kier alpha value is -1.87. The minimum absolute atomic E-state index is 0.0187. The number of H-pyrrole nitrogens is 1. The number of nitrogens with one attached hydrogen (secondary N) is 2. The Morgan fingerprint density at radius 2 is 2.19 bits per heavy atom. The first-order valence-corrected chi connectivity index (χ1v) is 8.20. The van der Waals surface area contributed by atoms with Crippen LogP contribution in [-0.4, -0.2) is 29.5 Å². The SMILES string of the molecule is CCc1ncc(S(=O)(=O)Nc2cc(C(=O)O)ccc2Br)[nH]1. The Morgan fingerprint density at radius 3 is 2.76 bits per heavy atom. The van der Waals surface area contributed by atoms with Crippen LogP contribution >= 0.6 is 15.9 Å². The van der Waals surface area contributed by atoms with Gasteiger partial charge in [-0.25, -0.2) is 9.78 Å². The molecule has 1 aromatic carbocycles. The number of nitrogens with zero attached hydrogens (tertiary/aromatic N) is 1. The fourth-order valence-corrected chi connectivity index (χ4v) is 3.08. The van der Waals surface area contributed by atoms with Crippen molar-refractivity contribution in [2.45, 2.75) is 18.4 Å². The first kappa shape index (κ1) is 15.5. The van der Waals surface area contributed by atoms with Gasteiger partial charge in [0.1, 0.15) is 5.82 Å². The number of carbonyl (C=O) groups is 1. The van der Waals surface area contributed by atoms with Crippen LogP contribution in [0.5, 0.6) is 0 Å². The number of carboxylic acids is 1. The summed E-state index contributed by atoms with van der Waals surface area (Å²) in [6, 6.07) is 4.07. The van der Waals surface area contributed by atoms with Gasteiger partial charge in [-0.05, 0) is 34.1 Å². The van der Waals surface area contributed by atoms with Gasteiger partial charge in [0.15, 0.2) is 5.03 Å². The molecule has 0 atom stereocenters. The van der Waals surface area contributed by atoms with Crippen molar-refractivity contribution in [1.29, 1.82) is 0 Å². The van der Waals surface area contributed by atoms with Crippen LogP contribution in [0.3, 0.4) is 0 Å². The molecule has 0 amide bonds. The normalized spacial score (nSPS) is 11.3. The van der Waals surface area contributed by atoms with Gasteiger partial charge in [-0.15, -0.1) is 0 Å². The number of hydrogen-bond acceptors (Lipinski definition) is 4. The first-order chi connectivity index (χ1) is 9.83. The lowest BCUT2D eigenvalue weighted by molar-refractivity contribution is 0.0697. The zero-order valence-electron chi connectivity index (χ0n) is 10.9. The summed E-state index contributed by atoms with van der Waals surface area (Å²) < 4.78 is 27.2. The highest BCUT2D eigenvalue weighted by molar-refractivity contribution is 9.10. The molecular formula is C12H12BrN3O4S. The smallest absolute Gasteiger partial charge is 0.335 e. The summed E-state index contributed by atoms with van der Waals surface area (Å²) in [5.41, 5.74) is 0.123. The van der Waals surface area contributed by atoms with Crippen LogP contribution in [-0.2, 0) is 16.4 Å². The largest absolute Gasteiger partial charge is 0.478 e. The predicted molar refractivity (Wildman–Crippen MR) is 79.9 cm³/mol. The molecular weight excluding hydrogens is 362 g/mol. The highest BCUT2D eigenvalue weighted by atomic mass is 79.9. The summed E-state index contributed by atoms with van der Waals surface area (Å²) in [6.45, 7) is 1.84. The van der Waals surface area contributed by atoms with Crippen molar-refractivity contribution in [3.63, 3.8) is 0 Å². The third-order valence-corrected chi connectivity index (χ3v) is 4.65. The van der Waals surface area contributed by atoms with Gasteiger partial charge in [-0.3, -0.25) is 4.72 Å². The van der Waals surface area contributed by atoms with E-state index >= 15 is 0 Å². The van der Waals surface area contributed by atoms with Crippen LogP contribution in [0.1, 0.15) is 23.1 Å². The zero-order chi connectivity index (χ0) is 15.6. The van der Waals surface area contributed by atoms with E-state index in [0.717, 1.165) is 0 Å². The van der Waals surface area contributed by atoms with Gasteiger partial charge in [-0.2, -0.15) is 8.42 Å². The fraction of sp³-hybridized carbons (Fsp3) is 0.167. The number of carboxylic acid groups (broad SMARTS) is 1. The van der Waals surface area contributed by atoms with Crippen LogP contribution in [0.15, 0.2) is 33.9 Å². The molecule has 21 heavy (non-hydrogen) atoms. The number of aromatic carboxylic acids is 1. The van der Waals surface area contributed by atoms with E-state index < -0.39 is 16.0 Å². The zero-order valence-corrected chi connectivity index (χ0v) is 13.3. The van der Waals surface area contributed by atoms with E-state index in [9.17, 15) is 13.2 Å². The van der Waals surface area contributed by atoms with E-state index in [0.29, 0.717) is 16.7 Å². The molecule has 2 rings (SSSR count). The molecule has 3 N–H and O–H groups in total. The van der Waals surface area contributed by atoms with Crippen molar-refractivity contribution < 1.29 is 18.3 Å². The van der Waals surface area contributed by atoms with Gasteiger partial charge in [0, 0.05) is 10.9 Å². The Morgan fingerprint density at radius 1 is 1.48 bits per heavy atom. The lowest BCUT2D eigenvalue weighted by Crippen LogP contribution is -2.14. The molecule has 0 unspecified atom stereocenters. The number of rotatable bonds is 5. The third kappa shape index (κ3) is 3.42. The van der Waals surface area contributed by atoms with Crippen molar-refractivity contribution in [2.24, 2.45) is 0 Å². The van der Waals surface area contributed by atoms with E-state index in [1.54, 1.807) is 0 Å². The number of halogens is 1. The summed E-state index contributed by atoms with van der Waals surface area (Å²) in [7, 11) is -3.86. The second kappa shape index (κ2) is 5.86. The minimum atomic E-state index is -3.86. The van der Waals surface area contributed by atoms with Crippen molar-refractivity contribution in [3.05, 3.63) is 40.3 Å². The number of imidazole rings is 1. The molecule has 7 nitrogen and oxygen atoms in total. The molecule has 0 fully saturated rings. The molecule has 112 valence electrons. The standard InChI is InChI=1S/C12H12BrN3O4S/c1-2-10-14-6-11(15-10)21(19,20)16-9-5-7(12(17)18)3-4-8(9)13/h3-6,16H,2H2,1H3,(H,14,15)(H,17,18). The Bertz CT molecular complexity index is 786. The molecule has 0 aliphatic heterocycles. The van der Waals surface area contributed by atoms with Crippen molar-refractivity contribution >= 4 is 37.6 Å². The van der Waals surface area contributed by atoms with E-state index in [4.69, 9.17) is 5.11 Å². The van der Waals surface area contributed by atoms with Gasteiger partial charge in [0.2, 0.25) is 0 Å². The number of anilines is 1. The van der Waals surface area contributed by atoms with E-state index in [-0.39, 0.29) is 16.3 Å². The second-order valence-corrected chi connectivity index (χ2v) is 6.66. The van der Waals surface area contributed by atoms with Gasteiger partial charge >= 0.3 is 5.97 Å². The average molecular weight is 374 g/mol. The molecule has 2 aromatic rings.